The quantitative estimate of drug-likeness (QED) is 0.333. The molecule has 36 heavy (non-hydrogen) atoms. The van der Waals surface area contributed by atoms with E-state index in [1.165, 1.54) is 18.5 Å². The maximum absolute atomic E-state index is 13.6. The van der Waals surface area contributed by atoms with E-state index < -0.39 is 23.3 Å². The molecular formula is C26H26F3N7. The van der Waals surface area contributed by atoms with E-state index in [9.17, 15) is 13.2 Å². The highest BCUT2D eigenvalue weighted by molar-refractivity contribution is 5.41. The molecule has 2 heterocycles. The van der Waals surface area contributed by atoms with Crippen molar-refractivity contribution in [2.24, 2.45) is 0 Å². The summed E-state index contributed by atoms with van der Waals surface area (Å²) in [5.74, 6) is 0.561. The van der Waals surface area contributed by atoms with Crippen molar-refractivity contribution in [3.05, 3.63) is 95.3 Å². The van der Waals surface area contributed by atoms with E-state index in [0.29, 0.717) is 17.9 Å². The van der Waals surface area contributed by atoms with Crippen LogP contribution in [-0.2, 0) is 11.7 Å². The predicted molar refractivity (Wildman–Crippen MR) is 127 cm³/mol. The molecule has 0 N–H and O–H groups in total. The Morgan fingerprint density at radius 2 is 1.81 bits per heavy atom. The second-order valence-electron chi connectivity index (χ2n) is 9.11. The molecule has 186 valence electrons. The van der Waals surface area contributed by atoms with E-state index in [4.69, 9.17) is 0 Å². The number of tetrazole rings is 1. The molecule has 1 aliphatic rings. The van der Waals surface area contributed by atoms with Gasteiger partial charge in [-0.15, -0.1) is 5.10 Å². The first kappa shape index (κ1) is 24.1. The van der Waals surface area contributed by atoms with Gasteiger partial charge in [-0.25, -0.2) is 9.97 Å². The Balaban J connectivity index is 1.67. The second kappa shape index (κ2) is 9.42. The monoisotopic (exact) mass is 493 g/mol. The minimum absolute atomic E-state index is 0.474. The van der Waals surface area contributed by atoms with E-state index in [1.54, 1.807) is 23.1 Å². The summed E-state index contributed by atoms with van der Waals surface area (Å²) in [4.78, 5) is 10.7. The van der Waals surface area contributed by atoms with E-state index in [-0.39, 0.29) is 0 Å². The van der Waals surface area contributed by atoms with Gasteiger partial charge in [0.05, 0.1) is 11.3 Å². The molecule has 1 saturated carbocycles. The number of hydrogen-bond acceptors (Lipinski definition) is 6. The Kier molecular flexibility index (Phi) is 6.29. The van der Waals surface area contributed by atoms with Gasteiger partial charge in [-0.05, 0) is 72.5 Å². The van der Waals surface area contributed by atoms with Crippen molar-refractivity contribution in [2.45, 2.75) is 50.9 Å². The van der Waals surface area contributed by atoms with Crippen LogP contribution in [0.5, 0.6) is 0 Å². The van der Waals surface area contributed by atoms with E-state index >= 15 is 0 Å². The molecule has 0 saturated heterocycles. The van der Waals surface area contributed by atoms with Crippen LogP contribution in [-0.4, -0.2) is 41.6 Å². The van der Waals surface area contributed by atoms with E-state index in [2.05, 4.69) is 37.3 Å². The fourth-order valence-electron chi connectivity index (χ4n) is 4.93. The van der Waals surface area contributed by atoms with Gasteiger partial charge in [-0.3, -0.25) is 4.90 Å². The van der Waals surface area contributed by atoms with Crippen LogP contribution in [0.3, 0.4) is 0 Å². The first-order valence-corrected chi connectivity index (χ1v) is 11.9. The smallest absolute Gasteiger partial charge is 0.280 e. The van der Waals surface area contributed by atoms with Gasteiger partial charge in [0.15, 0.2) is 5.82 Å². The van der Waals surface area contributed by atoms with Crippen molar-refractivity contribution in [2.75, 3.05) is 6.54 Å². The van der Waals surface area contributed by atoms with Gasteiger partial charge in [0, 0.05) is 23.5 Å². The van der Waals surface area contributed by atoms with Crippen LogP contribution < -0.4 is 0 Å². The lowest BCUT2D eigenvalue weighted by Crippen LogP contribution is -2.41. The zero-order valence-electron chi connectivity index (χ0n) is 20.0. The lowest BCUT2D eigenvalue weighted by atomic mass is 9.95. The summed E-state index contributed by atoms with van der Waals surface area (Å²) in [5.41, 5.74) is 2.01. The van der Waals surface area contributed by atoms with Crippen LogP contribution in [0, 0.1) is 6.92 Å². The Morgan fingerprint density at radius 3 is 2.47 bits per heavy atom. The number of halogens is 3. The third-order valence-corrected chi connectivity index (χ3v) is 6.75. The Morgan fingerprint density at radius 1 is 1.06 bits per heavy atom. The average molecular weight is 494 g/mol. The van der Waals surface area contributed by atoms with Crippen LogP contribution in [0.4, 0.5) is 13.2 Å². The van der Waals surface area contributed by atoms with Crippen molar-refractivity contribution >= 4 is 0 Å². The normalized spacial score (nSPS) is 15.7. The number of aromatic nitrogens is 6. The number of para-hydroxylation sites is 1. The van der Waals surface area contributed by atoms with Crippen LogP contribution in [0.15, 0.2) is 67.3 Å². The highest BCUT2D eigenvalue weighted by Gasteiger charge is 2.53. The summed E-state index contributed by atoms with van der Waals surface area (Å²) in [7, 11) is 0. The number of aryl methyl sites for hydroxylation is 1. The number of hydrogen-bond donors (Lipinski definition) is 0. The van der Waals surface area contributed by atoms with E-state index in [1.807, 2.05) is 31.2 Å². The molecule has 0 amide bonds. The predicted octanol–water partition coefficient (Wildman–Crippen LogP) is 5.27. The number of rotatable bonds is 8. The molecule has 1 fully saturated rings. The fraction of sp³-hybridized carbons (Fsp3) is 0.346. The Bertz CT molecular complexity index is 1330. The molecule has 4 aromatic rings. The molecule has 1 aliphatic carbocycles. The standard InChI is InChI=1S/C26H26F3N7/c1-3-13-35(25(11-12-25)20-8-6-9-21(14-20)26(27,28)29)23(19-15-30-17-31-16-19)24-32-33-34-36(24)22-10-5-4-7-18(22)2/h4-10,14-17,23H,3,11-13H2,1-2H3. The van der Waals surface area contributed by atoms with Crippen LogP contribution >= 0.6 is 0 Å². The molecule has 2 aromatic heterocycles. The van der Waals surface area contributed by atoms with Gasteiger partial charge in [0.25, 0.3) is 0 Å². The summed E-state index contributed by atoms with van der Waals surface area (Å²) in [5, 5.41) is 12.7. The molecule has 0 aliphatic heterocycles. The van der Waals surface area contributed by atoms with Crippen LogP contribution in [0.2, 0.25) is 0 Å². The molecule has 2 aromatic carbocycles. The Hall–Kier alpha value is -3.66. The summed E-state index contributed by atoms with van der Waals surface area (Å²) in [6, 6.07) is 13.0. The van der Waals surface area contributed by atoms with Gasteiger partial charge in [-0.1, -0.05) is 37.3 Å². The van der Waals surface area contributed by atoms with Crippen molar-refractivity contribution in [3.8, 4) is 5.69 Å². The summed E-state index contributed by atoms with van der Waals surface area (Å²) < 4.78 is 42.5. The van der Waals surface area contributed by atoms with Crippen LogP contribution in [0.25, 0.3) is 5.69 Å². The Labute approximate surface area is 207 Å². The van der Waals surface area contributed by atoms with Gasteiger partial charge in [-0.2, -0.15) is 17.9 Å². The summed E-state index contributed by atoms with van der Waals surface area (Å²) in [6.45, 7) is 4.66. The lowest BCUT2D eigenvalue weighted by Gasteiger charge is -2.38. The highest BCUT2D eigenvalue weighted by atomic mass is 19.4. The first-order valence-electron chi connectivity index (χ1n) is 11.9. The summed E-state index contributed by atoms with van der Waals surface area (Å²) >= 11 is 0. The third-order valence-electron chi connectivity index (χ3n) is 6.75. The minimum Gasteiger partial charge on any atom is -0.280 e. The molecule has 0 bridgehead atoms. The number of alkyl halides is 3. The fourth-order valence-corrected chi connectivity index (χ4v) is 4.93. The molecule has 0 radical (unpaired) electrons. The third kappa shape index (κ3) is 4.37. The topological polar surface area (TPSA) is 72.6 Å². The lowest BCUT2D eigenvalue weighted by molar-refractivity contribution is -0.137. The van der Waals surface area contributed by atoms with Crippen molar-refractivity contribution < 1.29 is 13.2 Å². The molecule has 5 rings (SSSR count). The zero-order chi connectivity index (χ0) is 25.3. The molecular weight excluding hydrogens is 467 g/mol. The largest absolute Gasteiger partial charge is 0.416 e. The maximum Gasteiger partial charge on any atom is 0.416 e. The van der Waals surface area contributed by atoms with Crippen LogP contribution in [0.1, 0.15) is 60.3 Å². The van der Waals surface area contributed by atoms with Crippen molar-refractivity contribution in [1.29, 1.82) is 0 Å². The second-order valence-corrected chi connectivity index (χ2v) is 9.11. The van der Waals surface area contributed by atoms with Gasteiger partial charge < -0.3 is 0 Å². The number of nitrogens with zero attached hydrogens (tertiary/aromatic N) is 7. The highest BCUT2D eigenvalue weighted by Crippen LogP contribution is 2.55. The van der Waals surface area contributed by atoms with Gasteiger partial charge >= 0.3 is 6.18 Å². The minimum atomic E-state index is -4.41. The van der Waals surface area contributed by atoms with Crippen molar-refractivity contribution in [1.82, 2.24) is 35.1 Å². The molecule has 1 atom stereocenters. The molecule has 1 unspecified atom stereocenters. The molecule has 10 heteroatoms. The summed E-state index contributed by atoms with van der Waals surface area (Å²) in [6.07, 6.45) is 2.72. The molecule has 7 nitrogen and oxygen atoms in total. The maximum atomic E-state index is 13.6. The SMILES string of the molecule is CCCN(C(c1cncnc1)c1nnnn1-c1ccccc1C)C1(c2cccc(C(F)(F)F)c2)CC1. The van der Waals surface area contributed by atoms with Gasteiger partial charge in [0.2, 0.25) is 0 Å². The van der Waals surface area contributed by atoms with Crippen molar-refractivity contribution in [3.63, 3.8) is 0 Å². The first-order chi connectivity index (χ1) is 17.3. The number of benzene rings is 2. The van der Waals surface area contributed by atoms with E-state index in [0.717, 1.165) is 42.1 Å². The zero-order valence-corrected chi connectivity index (χ0v) is 20.0. The average Bonchev–Trinajstić information content (AvgIpc) is 3.55. The van der Waals surface area contributed by atoms with Gasteiger partial charge in [0.1, 0.15) is 12.4 Å². The molecule has 0 spiro atoms.